The summed E-state index contributed by atoms with van der Waals surface area (Å²) in [5.74, 6) is 0.0208. The number of carbonyl (C=O) groups is 2. The highest BCUT2D eigenvalue weighted by atomic mass is 16.2. The molecule has 0 heterocycles. The molecule has 0 aliphatic heterocycles. The van der Waals surface area contributed by atoms with E-state index in [4.69, 9.17) is 0 Å². The lowest BCUT2D eigenvalue weighted by molar-refractivity contribution is -0.116. The molecular weight excluding hydrogens is 250 g/mol. The second kappa shape index (κ2) is 4.60. The van der Waals surface area contributed by atoms with E-state index in [1.807, 2.05) is 49.4 Å². The topological polar surface area (TPSA) is 37.4 Å². The summed E-state index contributed by atoms with van der Waals surface area (Å²) in [4.78, 5) is 25.7. The molecule has 0 saturated heterocycles. The minimum atomic E-state index is -0.0181. The standard InChI is InChI=1S/C17H15NO2/c1-3-18(11(2)19)12-8-9-14-13-6-4-5-7-15(13)17(20)16(14)10-12/h4-10H,3H2,1-2H3. The average Bonchev–Trinajstić information content (AvgIpc) is 2.73. The predicted molar refractivity (Wildman–Crippen MR) is 79.0 cm³/mol. The van der Waals surface area contributed by atoms with Crippen molar-refractivity contribution in [1.82, 2.24) is 0 Å². The number of anilines is 1. The first-order chi connectivity index (χ1) is 9.63. The van der Waals surface area contributed by atoms with Gasteiger partial charge in [0.1, 0.15) is 0 Å². The Kier molecular flexibility index (Phi) is 2.90. The van der Waals surface area contributed by atoms with Crippen molar-refractivity contribution in [1.29, 1.82) is 0 Å². The SMILES string of the molecule is CCN(C(C)=O)c1ccc2c(c1)C(=O)c1ccccc1-2. The summed E-state index contributed by atoms with van der Waals surface area (Å²) in [6, 6.07) is 13.3. The van der Waals surface area contributed by atoms with E-state index in [1.165, 1.54) is 6.92 Å². The number of nitrogens with zero attached hydrogens (tertiary/aromatic N) is 1. The number of carbonyl (C=O) groups excluding carboxylic acids is 2. The Bertz CT molecular complexity index is 719. The van der Waals surface area contributed by atoms with Crippen LogP contribution in [0.2, 0.25) is 0 Å². The first kappa shape index (κ1) is 12.6. The maximum atomic E-state index is 12.4. The fraction of sp³-hybridized carbons (Fsp3) is 0.176. The van der Waals surface area contributed by atoms with Gasteiger partial charge in [-0.25, -0.2) is 0 Å². The maximum absolute atomic E-state index is 12.4. The highest BCUT2D eigenvalue weighted by Gasteiger charge is 2.27. The van der Waals surface area contributed by atoms with Crippen LogP contribution in [0, 0.1) is 0 Å². The van der Waals surface area contributed by atoms with Crippen LogP contribution in [0.15, 0.2) is 42.5 Å². The van der Waals surface area contributed by atoms with Crippen LogP contribution in [-0.2, 0) is 4.79 Å². The third kappa shape index (κ3) is 1.74. The predicted octanol–water partition coefficient (Wildman–Crippen LogP) is 3.27. The third-order valence-corrected chi connectivity index (χ3v) is 3.72. The zero-order valence-electron chi connectivity index (χ0n) is 11.5. The van der Waals surface area contributed by atoms with Crippen LogP contribution in [0.5, 0.6) is 0 Å². The number of ketones is 1. The van der Waals surface area contributed by atoms with Crippen molar-refractivity contribution >= 4 is 17.4 Å². The van der Waals surface area contributed by atoms with Crippen LogP contribution in [0.4, 0.5) is 5.69 Å². The second-order valence-electron chi connectivity index (χ2n) is 4.87. The van der Waals surface area contributed by atoms with Crippen LogP contribution < -0.4 is 4.90 Å². The lowest BCUT2D eigenvalue weighted by atomic mass is 10.1. The molecule has 0 N–H and O–H groups in total. The molecule has 1 aliphatic carbocycles. The van der Waals surface area contributed by atoms with Gasteiger partial charge in [0.25, 0.3) is 0 Å². The molecule has 2 aromatic carbocycles. The maximum Gasteiger partial charge on any atom is 0.223 e. The van der Waals surface area contributed by atoms with Gasteiger partial charge < -0.3 is 4.90 Å². The van der Waals surface area contributed by atoms with Crippen molar-refractivity contribution in [3.05, 3.63) is 53.6 Å². The number of hydrogen-bond acceptors (Lipinski definition) is 2. The molecule has 2 aromatic rings. The smallest absolute Gasteiger partial charge is 0.223 e. The summed E-state index contributed by atoms with van der Waals surface area (Å²) in [5, 5.41) is 0. The highest BCUT2D eigenvalue weighted by Crippen LogP contribution is 2.38. The van der Waals surface area contributed by atoms with Gasteiger partial charge in [-0.05, 0) is 30.2 Å². The molecule has 0 atom stereocenters. The van der Waals surface area contributed by atoms with Crippen molar-refractivity contribution in [2.75, 3.05) is 11.4 Å². The van der Waals surface area contributed by atoms with E-state index >= 15 is 0 Å². The van der Waals surface area contributed by atoms with Crippen molar-refractivity contribution in [3.8, 4) is 11.1 Å². The Morgan fingerprint density at radius 3 is 2.30 bits per heavy atom. The lowest BCUT2D eigenvalue weighted by Crippen LogP contribution is -2.27. The van der Waals surface area contributed by atoms with Crippen LogP contribution in [0.1, 0.15) is 29.8 Å². The van der Waals surface area contributed by atoms with Crippen molar-refractivity contribution in [3.63, 3.8) is 0 Å². The third-order valence-electron chi connectivity index (χ3n) is 3.72. The van der Waals surface area contributed by atoms with Crippen molar-refractivity contribution < 1.29 is 9.59 Å². The van der Waals surface area contributed by atoms with E-state index in [9.17, 15) is 9.59 Å². The normalized spacial score (nSPS) is 12.0. The average molecular weight is 265 g/mol. The molecule has 0 radical (unpaired) electrons. The van der Waals surface area contributed by atoms with Gasteiger partial charge in [0.2, 0.25) is 5.91 Å². The summed E-state index contributed by atoms with van der Waals surface area (Å²) in [5.41, 5.74) is 4.13. The van der Waals surface area contributed by atoms with Crippen LogP contribution >= 0.6 is 0 Å². The van der Waals surface area contributed by atoms with Gasteiger partial charge in [0, 0.05) is 30.3 Å². The van der Waals surface area contributed by atoms with Gasteiger partial charge in [-0.3, -0.25) is 9.59 Å². The first-order valence-corrected chi connectivity index (χ1v) is 6.69. The van der Waals surface area contributed by atoms with E-state index < -0.39 is 0 Å². The fourth-order valence-corrected chi connectivity index (χ4v) is 2.77. The Hall–Kier alpha value is -2.42. The Morgan fingerprint density at radius 1 is 1.00 bits per heavy atom. The van der Waals surface area contributed by atoms with Gasteiger partial charge in [-0.1, -0.05) is 30.3 Å². The molecule has 0 spiro atoms. The van der Waals surface area contributed by atoms with Gasteiger partial charge >= 0.3 is 0 Å². The van der Waals surface area contributed by atoms with Gasteiger partial charge in [0.05, 0.1) is 0 Å². The first-order valence-electron chi connectivity index (χ1n) is 6.69. The molecular formula is C17H15NO2. The molecule has 0 aromatic heterocycles. The molecule has 1 amide bonds. The van der Waals surface area contributed by atoms with E-state index in [1.54, 1.807) is 4.90 Å². The molecule has 0 bridgehead atoms. The number of fused-ring (bicyclic) bond motifs is 3. The number of hydrogen-bond donors (Lipinski definition) is 0. The molecule has 3 nitrogen and oxygen atoms in total. The summed E-state index contributed by atoms with van der Waals surface area (Å²) in [7, 11) is 0. The van der Waals surface area contributed by atoms with Crippen LogP contribution in [0.3, 0.4) is 0 Å². The Morgan fingerprint density at radius 2 is 1.65 bits per heavy atom. The minimum absolute atomic E-state index is 0.0181. The lowest BCUT2D eigenvalue weighted by Gasteiger charge is -2.19. The number of rotatable bonds is 2. The molecule has 3 heteroatoms. The highest BCUT2D eigenvalue weighted by molar-refractivity contribution is 6.22. The minimum Gasteiger partial charge on any atom is -0.313 e. The Labute approximate surface area is 117 Å². The molecule has 100 valence electrons. The zero-order valence-corrected chi connectivity index (χ0v) is 11.5. The largest absolute Gasteiger partial charge is 0.313 e. The fourth-order valence-electron chi connectivity index (χ4n) is 2.77. The van der Waals surface area contributed by atoms with E-state index in [0.29, 0.717) is 12.1 Å². The van der Waals surface area contributed by atoms with Crippen molar-refractivity contribution in [2.24, 2.45) is 0 Å². The van der Waals surface area contributed by atoms with Crippen molar-refractivity contribution in [2.45, 2.75) is 13.8 Å². The zero-order chi connectivity index (χ0) is 14.3. The monoisotopic (exact) mass is 265 g/mol. The molecule has 3 rings (SSSR count). The molecule has 20 heavy (non-hydrogen) atoms. The van der Waals surface area contributed by atoms with Gasteiger partial charge in [0.15, 0.2) is 5.78 Å². The molecule has 0 saturated carbocycles. The van der Waals surface area contributed by atoms with Gasteiger partial charge in [-0.2, -0.15) is 0 Å². The summed E-state index contributed by atoms with van der Waals surface area (Å²) >= 11 is 0. The summed E-state index contributed by atoms with van der Waals surface area (Å²) in [6.07, 6.45) is 0. The molecule has 0 fully saturated rings. The number of amides is 1. The Balaban J connectivity index is 2.13. The summed E-state index contributed by atoms with van der Waals surface area (Å²) in [6.45, 7) is 4.05. The van der Waals surface area contributed by atoms with Crippen LogP contribution in [-0.4, -0.2) is 18.2 Å². The van der Waals surface area contributed by atoms with E-state index in [0.717, 1.165) is 22.4 Å². The summed E-state index contributed by atoms with van der Waals surface area (Å²) < 4.78 is 0. The number of benzene rings is 2. The quantitative estimate of drug-likeness (QED) is 0.713. The van der Waals surface area contributed by atoms with E-state index in [2.05, 4.69) is 0 Å². The van der Waals surface area contributed by atoms with Gasteiger partial charge in [-0.15, -0.1) is 0 Å². The second-order valence-corrected chi connectivity index (χ2v) is 4.87. The van der Waals surface area contributed by atoms with Crippen LogP contribution in [0.25, 0.3) is 11.1 Å². The molecule has 0 unspecified atom stereocenters. The van der Waals surface area contributed by atoms with E-state index in [-0.39, 0.29) is 11.7 Å². The molecule has 1 aliphatic rings.